The third kappa shape index (κ3) is 1.39. The van der Waals surface area contributed by atoms with Gasteiger partial charge in [0.25, 0.3) is 0 Å². The third-order valence-corrected chi connectivity index (χ3v) is 3.16. The molecule has 0 atom stereocenters. The van der Waals surface area contributed by atoms with E-state index in [4.69, 9.17) is 11.5 Å². The number of nitrogens with two attached hydrogens (primary N) is 2. The van der Waals surface area contributed by atoms with Crippen molar-refractivity contribution in [1.82, 2.24) is 39.3 Å². The van der Waals surface area contributed by atoms with Gasteiger partial charge in [0.2, 0.25) is 0 Å². The standard InChI is InChI=1S/C10H8N10O2/c11-5-3-7(15-1-13-5)19(9(21)17-3)20-8-4(18-10(20)22)6(12)14-2-16-8/h1-2H,(H,17,21)(H,18,22)(H2,11,13,15)(H2,12,14,16). The van der Waals surface area contributed by atoms with E-state index in [9.17, 15) is 9.59 Å². The number of hydrogen-bond acceptors (Lipinski definition) is 8. The summed E-state index contributed by atoms with van der Waals surface area (Å²) < 4.78 is 2.00. The van der Waals surface area contributed by atoms with Gasteiger partial charge < -0.3 is 11.5 Å². The first-order valence-electron chi connectivity index (χ1n) is 6.01. The Morgan fingerprint density at radius 2 is 1.18 bits per heavy atom. The van der Waals surface area contributed by atoms with Gasteiger partial charge in [-0.05, 0) is 0 Å². The van der Waals surface area contributed by atoms with Gasteiger partial charge in [-0.1, -0.05) is 0 Å². The van der Waals surface area contributed by atoms with Crippen molar-refractivity contribution in [3.63, 3.8) is 0 Å². The molecular formula is C10H8N10O2. The number of H-pyrrole nitrogens is 2. The SMILES string of the molecule is Nc1ncnc2c1[nH]c(=O)n2-n1c(=O)[nH]c2c(N)ncnc21. The van der Waals surface area contributed by atoms with Crippen molar-refractivity contribution in [3.05, 3.63) is 33.6 Å². The van der Waals surface area contributed by atoms with Crippen molar-refractivity contribution in [2.75, 3.05) is 11.5 Å². The average Bonchev–Trinajstić information content (AvgIpc) is 2.98. The van der Waals surface area contributed by atoms with Gasteiger partial charge in [-0.25, -0.2) is 29.5 Å². The van der Waals surface area contributed by atoms with E-state index in [0.717, 1.165) is 9.35 Å². The van der Waals surface area contributed by atoms with Crippen molar-refractivity contribution in [2.45, 2.75) is 0 Å². The van der Waals surface area contributed by atoms with Gasteiger partial charge >= 0.3 is 11.4 Å². The van der Waals surface area contributed by atoms with Crippen molar-refractivity contribution in [3.8, 4) is 0 Å². The van der Waals surface area contributed by atoms with Crippen LogP contribution in [0, 0.1) is 0 Å². The number of hydrogen-bond donors (Lipinski definition) is 4. The van der Waals surface area contributed by atoms with Crippen LogP contribution in [0.4, 0.5) is 11.6 Å². The maximum absolute atomic E-state index is 12.2. The molecule has 4 heterocycles. The van der Waals surface area contributed by atoms with Crippen LogP contribution in [0.2, 0.25) is 0 Å². The number of aromatic amines is 2. The fraction of sp³-hybridized carbons (Fsp3) is 0. The van der Waals surface area contributed by atoms with E-state index < -0.39 is 11.4 Å². The second-order valence-corrected chi connectivity index (χ2v) is 4.40. The zero-order valence-corrected chi connectivity index (χ0v) is 10.8. The lowest BCUT2D eigenvalue weighted by atomic mass is 10.5. The average molecular weight is 300 g/mol. The molecule has 0 radical (unpaired) electrons. The summed E-state index contributed by atoms with van der Waals surface area (Å²) in [6, 6.07) is 0. The first-order valence-corrected chi connectivity index (χ1v) is 6.01. The maximum atomic E-state index is 12.2. The lowest BCUT2D eigenvalue weighted by molar-refractivity contribution is 0.637. The Morgan fingerprint density at radius 3 is 1.59 bits per heavy atom. The summed E-state index contributed by atoms with van der Waals surface area (Å²) in [5.74, 6) is 0.172. The molecule has 4 rings (SSSR count). The fourth-order valence-electron chi connectivity index (χ4n) is 2.22. The number of fused-ring (bicyclic) bond motifs is 2. The van der Waals surface area contributed by atoms with E-state index in [1.54, 1.807) is 0 Å². The molecule has 0 spiro atoms. The van der Waals surface area contributed by atoms with Crippen molar-refractivity contribution >= 4 is 34.0 Å². The van der Waals surface area contributed by atoms with Crippen molar-refractivity contribution < 1.29 is 0 Å². The van der Waals surface area contributed by atoms with Crippen LogP contribution >= 0.6 is 0 Å². The minimum atomic E-state index is -0.623. The summed E-state index contributed by atoms with van der Waals surface area (Å²) in [4.78, 5) is 44.9. The number of nitrogen functional groups attached to an aromatic ring is 2. The number of rotatable bonds is 1. The lowest BCUT2D eigenvalue weighted by Crippen LogP contribution is -2.32. The molecule has 0 bridgehead atoms. The molecule has 0 unspecified atom stereocenters. The van der Waals surface area contributed by atoms with Crippen LogP contribution in [0.5, 0.6) is 0 Å². The Hall–Kier alpha value is -3.70. The van der Waals surface area contributed by atoms with Gasteiger partial charge in [0, 0.05) is 0 Å². The molecule has 12 nitrogen and oxygen atoms in total. The summed E-state index contributed by atoms with van der Waals surface area (Å²) >= 11 is 0. The zero-order valence-electron chi connectivity index (χ0n) is 10.8. The lowest BCUT2D eigenvalue weighted by Gasteiger charge is -2.03. The second-order valence-electron chi connectivity index (χ2n) is 4.40. The summed E-state index contributed by atoms with van der Waals surface area (Å²) in [7, 11) is 0. The quantitative estimate of drug-likeness (QED) is 0.312. The van der Waals surface area contributed by atoms with Gasteiger partial charge in [0.05, 0.1) is 0 Å². The van der Waals surface area contributed by atoms with E-state index in [1.807, 2.05) is 0 Å². The Morgan fingerprint density at radius 1 is 0.773 bits per heavy atom. The van der Waals surface area contributed by atoms with Gasteiger partial charge in [-0.2, -0.15) is 9.35 Å². The molecule has 0 amide bonds. The Bertz CT molecular complexity index is 1050. The largest absolute Gasteiger partial charge is 0.382 e. The molecule has 4 aromatic heterocycles. The first kappa shape index (κ1) is 12.1. The van der Waals surface area contributed by atoms with E-state index in [1.165, 1.54) is 12.7 Å². The molecule has 110 valence electrons. The zero-order chi connectivity index (χ0) is 15.4. The van der Waals surface area contributed by atoms with E-state index in [2.05, 4.69) is 29.9 Å². The Kier molecular flexibility index (Phi) is 2.14. The molecule has 4 aromatic rings. The van der Waals surface area contributed by atoms with E-state index in [-0.39, 0.29) is 34.0 Å². The summed E-state index contributed by atoms with van der Waals surface area (Å²) in [5, 5.41) is 0. The molecule has 0 aliphatic carbocycles. The highest BCUT2D eigenvalue weighted by Crippen LogP contribution is 2.15. The van der Waals surface area contributed by atoms with Crippen LogP contribution < -0.4 is 22.8 Å². The van der Waals surface area contributed by atoms with Crippen LogP contribution in [-0.2, 0) is 0 Å². The topological polar surface area (TPSA) is 179 Å². The fourth-order valence-corrected chi connectivity index (χ4v) is 2.22. The van der Waals surface area contributed by atoms with Crippen molar-refractivity contribution in [2.24, 2.45) is 0 Å². The molecule has 0 saturated carbocycles. The van der Waals surface area contributed by atoms with Gasteiger partial charge in [0.1, 0.15) is 23.7 Å². The second kappa shape index (κ2) is 3.91. The number of nitrogens with one attached hydrogen (secondary N) is 2. The first-order chi connectivity index (χ1) is 10.6. The van der Waals surface area contributed by atoms with Gasteiger partial charge in [0.15, 0.2) is 22.9 Å². The monoisotopic (exact) mass is 300 g/mol. The minimum Gasteiger partial charge on any atom is -0.382 e. The molecule has 0 fully saturated rings. The highest BCUT2D eigenvalue weighted by molar-refractivity contribution is 5.83. The highest BCUT2D eigenvalue weighted by atomic mass is 16.2. The van der Waals surface area contributed by atoms with Crippen molar-refractivity contribution in [1.29, 1.82) is 0 Å². The highest BCUT2D eigenvalue weighted by Gasteiger charge is 2.19. The predicted molar refractivity (Wildman–Crippen MR) is 75.9 cm³/mol. The normalized spacial score (nSPS) is 11.5. The third-order valence-electron chi connectivity index (χ3n) is 3.16. The molecule has 0 saturated heterocycles. The number of imidazole rings is 2. The molecule has 0 aromatic carbocycles. The van der Waals surface area contributed by atoms with Crippen LogP contribution in [0.1, 0.15) is 0 Å². The molecule has 12 heteroatoms. The smallest absolute Gasteiger partial charge is 0.347 e. The van der Waals surface area contributed by atoms with Crippen LogP contribution in [0.3, 0.4) is 0 Å². The molecule has 0 aliphatic rings. The number of aromatic nitrogens is 8. The minimum absolute atomic E-state index is 0.0860. The Labute approximate surface area is 119 Å². The van der Waals surface area contributed by atoms with Crippen LogP contribution in [-0.4, -0.2) is 39.3 Å². The molecule has 0 aliphatic heterocycles. The van der Waals surface area contributed by atoms with Gasteiger partial charge in [-0.3, -0.25) is 9.97 Å². The molecule has 22 heavy (non-hydrogen) atoms. The van der Waals surface area contributed by atoms with Crippen LogP contribution in [0.25, 0.3) is 22.3 Å². The number of anilines is 2. The van der Waals surface area contributed by atoms with Gasteiger partial charge in [-0.15, -0.1) is 0 Å². The van der Waals surface area contributed by atoms with Crippen LogP contribution in [0.15, 0.2) is 22.2 Å². The summed E-state index contributed by atoms with van der Waals surface area (Å²) in [6.07, 6.45) is 2.37. The molecule has 6 N–H and O–H groups in total. The maximum Gasteiger partial charge on any atom is 0.347 e. The summed E-state index contributed by atoms with van der Waals surface area (Å²) in [6.45, 7) is 0. The summed E-state index contributed by atoms with van der Waals surface area (Å²) in [5.41, 5.74) is 10.8. The van der Waals surface area contributed by atoms with E-state index >= 15 is 0 Å². The number of nitrogens with zero attached hydrogens (tertiary/aromatic N) is 6. The van der Waals surface area contributed by atoms with E-state index in [0.29, 0.717) is 0 Å². The molecular weight excluding hydrogens is 292 g/mol. The Balaban J connectivity index is 2.22. The predicted octanol–water partition coefficient (Wildman–Crippen LogP) is -1.97.